The summed E-state index contributed by atoms with van der Waals surface area (Å²) in [4.78, 5) is 3.95. The normalized spacial score (nSPS) is 21.7. The van der Waals surface area contributed by atoms with Gasteiger partial charge in [-0.05, 0) is 30.5 Å². The van der Waals surface area contributed by atoms with Gasteiger partial charge in [-0.2, -0.15) is 0 Å². The first-order valence-electron chi connectivity index (χ1n) is 6.46. The van der Waals surface area contributed by atoms with Crippen LogP contribution in [0, 0.1) is 0 Å². The lowest BCUT2D eigenvalue weighted by molar-refractivity contribution is 0.372. The fourth-order valence-electron chi connectivity index (χ4n) is 2.59. The summed E-state index contributed by atoms with van der Waals surface area (Å²) < 4.78 is 29.7. The van der Waals surface area contributed by atoms with Crippen LogP contribution in [0.25, 0.3) is 11.1 Å². The van der Waals surface area contributed by atoms with Crippen LogP contribution in [-0.4, -0.2) is 24.3 Å². The Kier molecular flexibility index (Phi) is 3.21. The summed E-state index contributed by atoms with van der Waals surface area (Å²) in [6, 6.07) is 3.53. The summed E-state index contributed by atoms with van der Waals surface area (Å²) in [7, 11) is -3.20. The van der Waals surface area contributed by atoms with Crippen molar-refractivity contribution >= 4 is 15.7 Å². The molecule has 0 bridgehead atoms. The molecule has 1 fully saturated rings. The topological polar surface area (TPSA) is 99.1 Å². The van der Waals surface area contributed by atoms with Gasteiger partial charge in [-0.1, -0.05) is 11.6 Å². The van der Waals surface area contributed by atoms with E-state index in [1.165, 1.54) is 0 Å². The number of hydrogen-bond donors (Lipinski definition) is 1. The number of nitrogens with zero attached hydrogens (tertiary/aromatic N) is 2. The molecule has 20 heavy (non-hydrogen) atoms. The van der Waals surface area contributed by atoms with Crippen molar-refractivity contribution in [1.29, 1.82) is 0 Å². The zero-order valence-corrected chi connectivity index (χ0v) is 11.6. The minimum absolute atomic E-state index is 0.189. The Morgan fingerprint density at radius 2 is 2.00 bits per heavy atom. The molecule has 0 aliphatic carbocycles. The molecule has 0 amide bonds. The maximum atomic E-state index is 12.2. The molecule has 1 unspecified atom stereocenters. The van der Waals surface area contributed by atoms with E-state index in [9.17, 15) is 8.42 Å². The van der Waals surface area contributed by atoms with Gasteiger partial charge < -0.3 is 10.3 Å². The second kappa shape index (κ2) is 4.90. The van der Waals surface area contributed by atoms with E-state index in [0.29, 0.717) is 24.2 Å². The summed E-state index contributed by atoms with van der Waals surface area (Å²) in [5, 5.41) is 3.10. The molecular formula is C13H15N3O3S. The van der Waals surface area contributed by atoms with Gasteiger partial charge in [0.05, 0.1) is 11.3 Å². The molecule has 2 aromatic rings. The predicted octanol–water partition coefficient (Wildman–Crippen LogP) is 1.96. The van der Waals surface area contributed by atoms with Gasteiger partial charge in [0, 0.05) is 12.4 Å². The third kappa shape index (κ3) is 2.18. The van der Waals surface area contributed by atoms with E-state index in [0.717, 1.165) is 12.0 Å². The van der Waals surface area contributed by atoms with Crippen molar-refractivity contribution in [2.75, 3.05) is 11.5 Å². The summed E-state index contributed by atoms with van der Waals surface area (Å²) in [6.07, 6.45) is 5.37. The smallest absolute Gasteiger partial charge is 0.175 e. The lowest BCUT2D eigenvalue weighted by Crippen LogP contribution is -2.21. The van der Waals surface area contributed by atoms with E-state index in [1.807, 2.05) is 0 Å². The maximum Gasteiger partial charge on any atom is 0.175 e. The van der Waals surface area contributed by atoms with Crippen LogP contribution in [0.3, 0.4) is 0 Å². The number of sulfone groups is 1. The van der Waals surface area contributed by atoms with E-state index in [4.69, 9.17) is 10.3 Å². The van der Waals surface area contributed by atoms with Crippen LogP contribution in [0.1, 0.15) is 30.3 Å². The quantitative estimate of drug-likeness (QED) is 0.908. The van der Waals surface area contributed by atoms with Gasteiger partial charge >= 0.3 is 0 Å². The SMILES string of the molecule is Nc1noc(C2CCCCS2(=O)=O)c1-c1ccncc1. The molecule has 1 atom stereocenters. The number of hydrogen-bond acceptors (Lipinski definition) is 6. The molecule has 0 saturated carbocycles. The third-order valence-corrected chi connectivity index (χ3v) is 5.76. The fraction of sp³-hybridized carbons (Fsp3) is 0.385. The minimum atomic E-state index is -3.20. The Morgan fingerprint density at radius 1 is 1.25 bits per heavy atom. The molecule has 3 rings (SSSR count). The maximum absolute atomic E-state index is 12.2. The summed E-state index contributed by atoms with van der Waals surface area (Å²) in [5.74, 6) is 0.758. The number of aromatic nitrogens is 2. The number of anilines is 1. The van der Waals surface area contributed by atoms with Gasteiger partial charge in [-0.3, -0.25) is 4.98 Å². The molecule has 0 spiro atoms. The first kappa shape index (κ1) is 13.1. The van der Waals surface area contributed by atoms with Crippen molar-refractivity contribution < 1.29 is 12.9 Å². The predicted molar refractivity (Wildman–Crippen MR) is 74.5 cm³/mol. The van der Waals surface area contributed by atoms with Crippen LogP contribution in [0.5, 0.6) is 0 Å². The molecule has 1 aliphatic heterocycles. The van der Waals surface area contributed by atoms with Crippen LogP contribution >= 0.6 is 0 Å². The molecule has 1 saturated heterocycles. The van der Waals surface area contributed by atoms with Crippen LogP contribution in [0.4, 0.5) is 5.82 Å². The fourth-order valence-corrected chi connectivity index (χ4v) is 4.50. The van der Waals surface area contributed by atoms with E-state index < -0.39 is 15.1 Å². The molecule has 0 radical (unpaired) electrons. The highest BCUT2D eigenvalue weighted by molar-refractivity contribution is 7.91. The molecule has 6 nitrogen and oxygen atoms in total. The molecular weight excluding hydrogens is 278 g/mol. The number of pyridine rings is 1. The number of nitrogen functional groups attached to an aromatic ring is 1. The zero-order chi connectivity index (χ0) is 14.2. The summed E-state index contributed by atoms with van der Waals surface area (Å²) in [5.41, 5.74) is 7.19. The second-order valence-corrected chi connectivity index (χ2v) is 7.20. The Balaban J connectivity index is 2.12. The Bertz CT molecular complexity index is 710. The van der Waals surface area contributed by atoms with Gasteiger partial charge in [0.25, 0.3) is 0 Å². The minimum Gasteiger partial charge on any atom is -0.380 e. The van der Waals surface area contributed by atoms with Crippen molar-refractivity contribution in [3.05, 3.63) is 30.3 Å². The van der Waals surface area contributed by atoms with Gasteiger partial charge in [-0.15, -0.1) is 0 Å². The van der Waals surface area contributed by atoms with E-state index in [-0.39, 0.29) is 11.6 Å². The van der Waals surface area contributed by atoms with Crippen LogP contribution in [0.15, 0.2) is 29.0 Å². The molecule has 3 heterocycles. The lowest BCUT2D eigenvalue weighted by atomic mass is 10.0. The molecule has 2 N–H and O–H groups in total. The van der Waals surface area contributed by atoms with Gasteiger partial charge in [0.2, 0.25) is 0 Å². The summed E-state index contributed by atoms with van der Waals surface area (Å²) in [6.45, 7) is 0. The van der Waals surface area contributed by atoms with Crippen LogP contribution in [0.2, 0.25) is 0 Å². The molecule has 0 aromatic carbocycles. The van der Waals surface area contributed by atoms with Crippen molar-refractivity contribution in [1.82, 2.24) is 10.1 Å². The summed E-state index contributed by atoms with van der Waals surface area (Å²) >= 11 is 0. The Morgan fingerprint density at radius 3 is 2.70 bits per heavy atom. The van der Waals surface area contributed by atoms with E-state index >= 15 is 0 Å². The average Bonchev–Trinajstić information content (AvgIpc) is 2.81. The van der Waals surface area contributed by atoms with Crippen LogP contribution in [-0.2, 0) is 9.84 Å². The Labute approximate surface area is 116 Å². The van der Waals surface area contributed by atoms with E-state index in [1.54, 1.807) is 24.5 Å². The van der Waals surface area contributed by atoms with Gasteiger partial charge in [-0.25, -0.2) is 8.42 Å². The largest absolute Gasteiger partial charge is 0.380 e. The zero-order valence-electron chi connectivity index (χ0n) is 10.8. The second-order valence-electron chi connectivity index (χ2n) is 4.89. The van der Waals surface area contributed by atoms with Gasteiger partial charge in [0.15, 0.2) is 21.4 Å². The Hall–Kier alpha value is -1.89. The highest BCUT2D eigenvalue weighted by Crippen LogP contribution is 2.41. The average molecular weight is 293 g/mol. The highest BCUT2D eigenvalue weighted by Gasteiger charge is 2.36. The van der Waals surface area contributed by atoms with Crippen molar-refractivity contribution in [2.45, 2.75) is 24.5 Å². The lowest BCUT2D eigenvalue weighted by Gasteiger charge is -2.20. The first-order chi connectivity index (χ1) is 9.59. The molecule has 7 heteroatoms. The van der Waals surface area contributed by atoms with Crippen molar-refractivity contribution in [2.24, 2.45) is 0 Å². The molecule has 2 aromatic heterocycles. The van der Waals surface area contributed by atoms with Crippen molar-refractivity contribution in [3.8, 4) is 11.1 Å². The van der Waals surface area contributed by atoms with E-state index in [2.05, 4.69) is 10.1 Å². The number of nitrogens with two attached hydrogens (primary N) is 1. The molecule has 106 valence electrons. The third-order valence-electron chi connectivity index (χ3n) is 3.58. The standard InChI is InChI=1S/C13H15N3O3S/c14-13-11(9-4-6-15-7-5-9)12(19-16-13)10-3-1-2-8-20(10,17)18/h4-7,10H,1-3,8H2,(H2,14,16). The monoisotopic (exact) mass is 293 g/mol. The van der Waals surface area contributed by atoms with Crippen LogP contribution < -0.4 is 5.73 Å². The first-order valence-corrected chi connectivity index (χ1v) is 8.18. The number of rotatable bonds is 2. The highest BCUT2D eigenvalue weighted by atomic mass is 32.2. The molecule has 1 aliphatic rings. The van der Waals surface area contributed by atoms with Gasteiger partial charge in [0.1, 0.15) is 5.25 Å². The van der Waals surface area contributed by atoms with Crippen molar-refractivity contribution in [3.63, 3.8) is 0 Å².